The topological polar surface area (TPSA) is 129 Å². The standard InChI is InChI=1S/C20H13Cl2N5O2S/c21-11-3-4-15(14(22)8-11)26-17(28)5-7-30-20-13(10-24)18(16-2-1-6-29-16)12(9-23)19(25)27-20/h1-4,6,8H,5,7H2,(H2,25,27)(H,26,28). The van der Waals surface area contributed by atoms with E-state index in [4.69, 9.17) is 33.4 Å². The van der Waals surface area contributed by atoms with Gasteiger partial charge in [0.2, 0.25) is 5.91 Å². The smallest absolute Gasteiger partial charge is 0.225 e. The van der Waals surface area contributed by atoms with Gasteiger partial charge in [-0.15, -0.1) is 11.8 Å². The summed E-state index contributed by atoms with van der Waals surface area (Å²) in [5.41, 5.74) is 6.90. The highest BCUT2D eigenvalue weighted by Gasteiger charge is 2.22. The zero-order chi connectivity index (χ0) is 21.7. The molecule has 3 N–H and O–H groups in total. The maximum atomic E-state index is 12.2. The van der Waals surface area contributed by atoms with E-state index in [1.165, 1.54) is 24.1 Å². The highest BCUT2D eigenvalue weighted by atomic mass is 35.5. The molecule has 7 nitrogen and oxygen atoms in total. The molecular formula is C20H13Cl2N5O2S. The lowest BCUT2D eigenvalue weighted by atomic mass is 10.0. The number of hydrogen-bond donors (Lipinski definition) is 2. The molecule has 1 amide bonds. The largest absolute Gasteiger partial charge is 0.464 e. The average Bonchev–Trinajstić information content (AvgIpc) is 3.24. The Labute approximate surface area is 186 Å². The molecule has 2 aromatic heterocycles. The predicted molar refractivity (Wildman–Crippen MR) is 116 cm³/mol. The number of benzene rings is 1. The number of carbonyl (C=O) groups excluding carboxylic acids is 1. The van der Waals surface area contributed by atoms with Crippen LogP contribution in [0.1, 0.15) is 17.5 Å². The zero-order valence-electron chi connectivity index (χ0n) is 15.3. The molecule has 1 aromatic carbocycles. The molecule has 0 atom stereocenters. The number of furan rings is 1. The predicted octanol–water partition coefficient (Wildman–Crippen LogP) is 5.09. The van der Waals surface area contributed by atoms with Gasteiger partial charge >= 0.3 is 0 Å². The quantitative estimate of drug-likeness (QED) is 0.492. The maximum Gasteiger partial charge on any atom is 0.225 e. The van der Waals surface area contributed by atoms with Crippen LogP contribution >= 0.6 is 35.0 Å². The average molecular weight is 458 g/mol. The minimum Gasteiger partial charge on any atom is -0.464 e. The Kier molecular flexibility index (Phi) is 6.86. The van der Waals surface area contributed by atoms with Crippen LogP contribution in [0.25, 0.3) is 11.3 Å². The third kappa shape index (κ3) is 4.69. The molecule has 0 unspecified atom stereocenters. The van der Waals surface area contributed by atoms with Crippen molar-refractivity contribution in [2.75, 3.05) is 16.8 Å². The number of nitrogen functional groups attached to an aromatic ring is 1. The van der Waals surface area contributed by atoms with Gasteiger partial charge in [-0.2, -0.15) is 10.5 Å². The van der Waals surface area contributed by atoms with Crippen molar-refractivity contribution in [2.45, 2.75) is 11.4 Å². The number of nitrogens with zero attached hydrogens (tertiary/aromatic N) is 3. The molecule has 10 heteroatoms. The number of amides is 1. The lowest BCUT2D eigenvalue weighted by Crippen LogP contribution is -2.12. The van der Waals surface area contributed by atoms with Crippen LogP contribution in [-0.2, 0) is 4.79 Å². The Balaban J connectivity index is 1.76. The van der Waals surface area contributed by atoms with E-state index in [2.05, 4.69) is 16.4 Å². The van der Waals surface area contributed by atoms with E-state index >= 15 is 0 Å². The zero-order valence-corrected chi connectivity index (χ0v) is 17.6. The fourth-order valence-corrected chi connectivity index (χ4v) is 4.01. The molecular weight excluding hydrogens is 445 g/mol. The molecule has 3 aromatic rings. The van der Waals surface area contributed by atoms with Crippen LogP contribution in [-0.4, -0.2) is 16.6 Å². The van der Waals surface area contributed by atoms with Crippen molar-refractivity contribution in [1.29, 1.82) is 10.5 Å². The summed E-state index contributed by atoms with van der Waals surface area (Å²) in [6.45, 7) is 0. The monoisotopic (exact) mass is 457 g/mol. The van der Waals surface area contributed by atoms with Gasteiger partial charge in [0.1, 0.15) is 34.3 Å². The van der Waals surface area contributed by atoms with Gasteiger partial charge in [0.05, 0.1) is 28.1 Å². The summed E-state index contributed by atoms with van der Waals surface area (Å²) in [7, 11) is 0. The van der Waals surface area contributed by atoms with Crippen molar-refractivity contribution in [3.63, 3.8) is 0 Å². The number of pyridine rings is 1. The van der Waals surface area contributed by atoms with Crippen LogP contribution in [0.5, 0.6) is 0 Å². The number of hydrogen-bond acceptors (Lipinski definition) is 7. The Bertz CT molecular complexity index is 1180. The second kappa shape index (κ2) is 9.55. The number of carbonyl (C=O) groups is 1. The van der Waals surface area contributed by atoms with Crippen molar-refractivity contribution < 1.29 is 9.21 Å². The molecule has 150 valence electrons. The third-order valence-electron chi connectivity index (χ3n) is 3.96. The van der Waals surface area contributed by atoms with Crippen LogP contribution in [0.4, 0.5) is 11.5 Å². The van der Waals surface area contributed by atoms with E-state index in [-0.39, 0.29) is 34.8 Å². The van der Waals surface area contributed by atoms with Gasteiger partial charge < -0.3 is 15.5 Å². The van der Waals surface area contributed by atoms with E-state index in [0.29, 0.717) is 32.3 Å². The summed E-state index contributed by atoms with van der Waals surface area (Å²) in [6.07, 6.45) is 1.57. The van der Waals surface area contributed by atoms with Gasteiger partial charge in [0, 0.05) is 17.2 Å². The first-order chi connectivity index (χ1) is 14.4. The van der Waals surface area contributed by atoms with Crippen molar-refractivity contribution in [3.05, 3.63) is 57.8 Å². The molecule has 0 spiro atoms. The van der Waals surface area contributed by atoms with E-state index < -0.39 is 0 Å². The second-order valence-corrected chi connectivity index (χ2v) is 7.83. The van der Waals surface area contributed by atoms with E-state index in [9.17, 15) is 15.3 Å². The van der Waals surface area contributed by atoms with Crippen molar-refractivity contribution >= 4 is 52.4 Å². The highest BCUT2D eigenvalue weighted by Crippen LogP contribution is 2.36. The van der Waals surface area contributed by atoms with Crippen LogP contribution in [0, 0.1) is 22.7 Å². The summed E-state index contributed by atoms with van der Waals surface area (Å²) in [5, 5.41) is 22.9. The number of nitrogens with one attached hydrogen (secondary N) is 1. The molecule has 3 rings (SSSR count). The number of anilines is 2. The first kappa shape index (κ1) is 21.5. The molecule has 0 radical (unpaired) electrons. The maximum absolute atomic E-state index is 12.2. The fraction of sp³-hybridized carbons (Fsp3) is 0.100. The number of thioether (sulfide) groups is 1. The second-order valence-electron chi connectivity index (χ2n) is 5.90. The van der Waals surface area contributed by atoms with Crippen LogP contribution in [0.2, 0.25) is 10.0 Å². The van der Waals surface area contributed by atoms with E-state index in [1.54, 1.807) is 24.3 Å². The molecule has 0 aliphatic carbocycles. The molecule has 0 aliphatic rings. The first-order valence-electron chi connectivity index (χ1n) is 8.49. The minimum atomic E-state index is -0.266. The summed E-state index contributed by atoms with van der Waals surface area (Å²) < 4.78 is 5.36. The van der Waals surface area contributed by atoms with Crippen LogP contribution in [0.15, 0.2) is 46.0 Å². The lowest BCUT2D eigenvalue weighted by molar-refractivity contribution is -0.115. The van der Waals surface area contributed by atoms with Gasteiger partial charge in [-0.25, -0.2) is 4.98 Å². The summed E-state index contributed by atoms with van der Waals surface area (Å²) >= 11 is 13.1. The SMILES string of the molecule is N#Cc1c(N)nc(SCCC(=O)Nc2ccc(Cl)cc2Cl)c(C#N)c1-c1ccco1. The first-order valence-corrected chi connectivity index (χ1v) is 10.2. The molecule has 2 heterocycles. The molecule has 0 aliphatic heterocycles. The molecule has 30 heavy (non-hydrogen) atoms. The van der Waals surface area contributed by atoms with Gasteiger partial charge in [-0.1, -0.05) is 23.2 Å². The van der Waals surface area contributed by atoms with Crippen molar-refractivity contribution in [3.8, 4) is 23.5 Å². The van der Waals surface area contributed by atoms with Crippen molar-refractivity contribution in [1.82, 2.24) is 4.98 Å². The Morgan fingerprint density at radius 2 is 2.00 bits per heavy atom. The summed E-state index contributed by atoms with van der Waals surface area (Å²) in [4.78, 5) is 16.4. The van der Waals surface area contributed by atoms with Crippen LogP contribution < -0.4 is 11.1 Å². The molecule has 0 bridgehead atoms. The Morgan fingerprint density at radius 1 is 1.23 bits per heavy atom. The van der Waals surface area contributed by atoms with Crippen molar-refractivity contribution in [2.24, 2.45) is 0 Å². The summed E-state index contributed by atoms with van der Waals surface area (Å²) in [5.74, 6) is 0.386. The normalized spacial score (nSPS) is 10.3. The Hall–Kier alpha value is -3.17. The fourth-order valence-electron chi connectivity index (χ4n) is 2.61. The Morgan fingerprint density at radius 3 is 2.63 bits per heavy atom. The molecule has 0 fully saturated rings. The highest BCUT2D eigenvalue weighted by molar-refractivity contribution is 7.99. The van der Waals surface area contributed by atoms with Gasteiger partial charge in [0.25, 0.3) is 0 Å². The van der Waals surface area contributed by atoms with E-state index in [1.807, 2.05) is 6.07 Å². The third-order valence-corrected chi connectivity index (χ3v) is 5.48. The van der Waals surface area contributed by atoms with E-state index in [0.717, 1.165) is 0 Å². The van der Waals surface area contributed by atoms with Crippen LogP contribution in [0.3, 0.4) is 0 Å². The number of halogens is 2. The van der Waals surface area contributed by atoms with Gasteiger partial charge in [-0.3, -0.25) is 4.79 Å². The number of rotatable bonds is 6. The minimum absolute atomic E-state index is 0.0113. The number of aromatic nitrogens is 1. The molecule has 0 saturated carbocycles. The molecule has 0 saturated heterocycles. The number of nitriles is 2. The van der Waals surface area contributed by atoms with Gasteiger partial charge in [0.15, 0.2) is 0 Å². The number of nitrogens with two attached hydrogens (primary N) is 1. The summed E-state index contributed by atoms with van der Waals surface area (Å²) in [6, 6.07) is 12.1. The lowest BCUT2D eigenvalue weighted by Gasteiger charge is -2.11. The van der Waals surface area contributed by atoms with Gasteiger partial charge in [-0.05, 0) is 30.3 Å².